The fourth-order valence-electron chi connectivity index (χ4n) is 0.935. The first kappa shape index (κ1) is 12.9. The van der Waals surface area contributed by atoms with Crippen molar-refractivity contribution in [3.63, 3.8) is 0 Å². The highest BCUT2D eigenvalue weighted by molar-refractivity contribution is 5.04. The lowest BCUT2D eigenvalue weighted by Crippen LogP contribution is -2.17. The summed E-state index contributed by atoms with van der Waals surface area (Å²) in [5.41, 5.74) is 0. The third-order valence-electron chi connectivity index (χ3n) is 1.71. The quantitative estimate of drug-likeness (QED) is 0.583. The van der Waals surface area contributed by atoms with Gasteiger partial charge >= 0.3 is 0 Å². The second-order valence-corrected chi connectivity index (χ2v) is 3.13. The third-order valence-corrected chi connectivity index (χ3v) is 1.71. The first-order valence-electron chi connectivity index (χ1n) is 5.05. The van der Waals surface area contributed by atoms with Crippen LogP contribution in [0.1, 0.15) is 13.8 Å². The minimum Gasteiger partial charge on any atom is -0.299 e. The molecular weight excluding hydrogens is 170 g/mol. The van der Waals surface area contributed by atoms with Crippen LogP contribution in [0.5, 0.6) is 0 Å². The van der Waals surface area contributed by atoms with Crippen molar-refractivity contribution in [3.8, 4) is 0 Å². The van der Waals surface area contributed by atoms with E-state index in [1.54, 1.807) is 0 Å². The van der Waals surface area contributed by atoms with E-state index in [1.807, 2.05) is 38.2 Å². The summed E-state index contributed by atoms with van der Waals surface area (Å²) < 4.78 is 0. The van der Waals surface area contributed by atoms with Gasteiger partial charge in [0.05, 0.1) is 0 Å². The van der Waals surface area contributed by atoms with Gasteiger partial charge in [0.1, 0.15) is 0 Å². The molecule has 0 fully saturated rings. The molecule has 78 valence electrons. The molecule has 0 aliphatic carbocycles. The summed E-state index contributed by atoms with van der Waals surface area (Å²) in [7, 11) is 2.11. The molecule has 0 unspecified atom stereocenters. The highest BCUT2D eigenvalue weighted by Gasteiger charge is 1.88. The van der Waals surface area contributed by atoms with E-state index in [9.17, 15) is 0 Å². The average molecular weight is 191 g/mol. The predicted molar refractivity (Wildman–Crippen MR) is 65.4 cm³/mol. The fourth-order valence-corrected chi connectivity index (χ4v) is 0.935. The Morgan fingerprint density at radius 3 is 1.57 bits per heavy atom. The van der Waals surface area contributed by atoms with Crippen LogP contribution in [0.2, 0.25) is 0 Å². The molecule has 0 saturated carbocycles. The molecule has 0 rings (SSSR count). The molecule has 0 heterocycles. The Balaban J connectivity index is 3.59. The van der Waals surface area contributed by atoms with Crippen LogP contribution in [0.25, 0.3) is 0 Å². The molecule has 0 aromatic rings. The van der Waals surface area contributed by atoms with Crippen molar-refractivity contribution in [2.75, 3.05) is 20.1 Å². The van der Waals surface area contributed by atoms with Crippen molar-refractivity contribution < 1.29 is 0 Å². The van der Waals surface area contributed by atoms with Crippen molar-refractivity contribution in [2.24, 2.45) is 0 Å². The minimum atomic E-state index is 0.991. The van der Waals surface area contributed by atoms with E-state index in [0.29, 0.717) is 0 Å². The molecule has 0 N–H and O–H groups in total. The van der Waals surface area contributed by atoms with Gasteiger partial charge in [-0.1, -0.05) is 48.6 Å². The molecule has 0 aliphatic rings. The smallest absolute Gasteiger partial charge is 0.0166 e. The lowest BCUT2D eigenvalue weighted by molar-refractivity contribution is 0.412. The molecule has 0 bridgehead atoms. The zero-order valence-corrected chi connectivity index (χ0v) is 9.48. The van der Waals surface area contributed by atoms with Crippen molar-refractivity contribution in [2.45, 2.75) is 13.8 Å². The molecule has 1 heteroatoms. The van der Waals surface area contributed by atoms with Gasteiger partial charge in [-0.3, -0.25) is 4.90 Å². The number of rotatable bonds is 6. The van der Waals surface area contributed by atoms with Gasteiger partial charge in [0.25, 0.3) is 0 Å². The monoisotopic (exact) mass is 191 g/mol. The van der Waals surface area contributed by atoms with Gasteiger partial charge in [-0.25, -0.2) is 0 Å². The van der Waals surface area contributed by atoms with Gasteiger partial charge in [0, 0.05) is 13.1 Å². The predicted octanol–water partition coefficient (Wildman–Crippen LogP) is 3.18. The molecule has 0 amide bonds. The van der Waals surface area contributed by atoms with E-state index >= 15 is 0 Å². The molecule has 0 radical (unpaired) electrons. The Morgan fingerprint density at radius 2 is 1.21 bits per heavy atom. The van der Waals surface area contributed by atoms with E-state index < -0.39 is 0 Å². The lowest BCUT2D eigenvalue weighted by Gasteiger charge is -2.10. The van der Waals surface area contributed by atoms with Crippen LogP contribution >= 0.6 is 0 Å². The summed E-state index contributed by atoms with van der Waals surface area (Å²) in [6.45, 7) is 6.02. The van der Waals surface area contributed by atoms with Crippen molar-refractivity contribution in [1.82, 2.24) is 4.90 Å². The van der Waals surface area contributed by atoms with E-state index in [2.05, 4.69) is 36.3 Å². The van der Waals surface area contributed by atoms with Crippen LogP contribution in [0, 0.1) is 0 Å². The maximum Gasteiger partial charge on any atom is 0.0166 e. The van der Waals surface area contributed by atoms with Crippen LogP contribution in [0.4, 0.5) is 0 Å². The molecule has 0 atom stereocenters. The Morgan fingerprint density at radius 1 is 0.786 bits per heavy atom. The summed E-state index contributed by atoms with van der Waals surface area (Å²) in [6.07, 6.45) is 16.6. The van der Waals surface area contributed by atoms with Crippen LogP contribution in [-0.4, -0.2) is 25.0 Å². The SMILES string of the molecule is CC=CC=CCN(C)CC=CC=CC. The van der Waals surface area contributed by atoms with Crippen molar-refractivity contribution in [3.05, 3.63) is 48.6 Å². The van der Waals surface area contributed by atoms with Gasteiger partial charge < -0.3 is 0 Å². The molecule has 0 aromatic heterocycles. The fraction of sp³-hybridized carbons (Fsp3) is 0.385. The first-order chi connectivity index (χ1) is 6.81. The summed E-state index contributed by atoms with van der Waals surface area (Å²) in [4.78, 5) is 2.25. The molecule has 0 spiro atoms. The Bertz CT molecular complexity index is 197. The topological polar surface area (TPSA) is 3.24 Å². The summed E-state index contributed by atoms with van der Waals surface area (Å²) in [6, 6.07) is 0. The molecule has 0 aromatic carbocycles. The van der Waals surface area contributed by atoms with Crippen LogP contribution in [-0.2, 0) is 0 Å². The van der Waals surface area contributed by atoms with Crippen LogP contribution in [0.15, 0.2) is 48.6 Å². The van der Waals surface area contributed by atoms with E-state index in [0.717, 1.165) is 13.1 Å². The second-order valence-electron chi connectivity index (χ2n) is 3.13. The number of hydrogen-bond donors (Lipinski definition) is 0. The highest BCUT2D eigenvalue weighted by Crippen LogP contribution is 1.86. The normalized spacial score (nSPS) is 13.4. The maximum absolute atomic E-state index is 2.25. The average Bonchev–Trinajstić information content (AvgIpc) is 2.19. The molecule has 0 saturated heterocycles. The minimum absolute atomic E-state index is 0.991. The van der Waals surface area contributed by atoms with Crippen LogP contribution < -0.4 is 0 Å². The zero-order valence-electron chi connectivity index (χ0n) is 9.48. The second kappa shape index (κ2) is 10.0. The molecular formula is C13H21N. The van der Waals surface area contributed by atoms with Gasteiger partial charge in [0.2, 0.25) is 0 Å². The van der Waals surface area contributed by atoms with Gasteiger partial charge in [-0.05, 0) is 20.9 Å². The summed E-state index contributed by atoms with van der Waals surface area (Å²) in [5, 5.41) is 0. The summed E-state index contributed by atoms with van der Waals surface area (Å²) >= 11 is 0. The molecule has 14 heavy (non-hydrogen) atoms. The Hall–Kier alpha value is -1.08. The number of hydrogen-bond acceptors (Lipinski definition) is 1. The van der Waals surface area contributed by atoms with Gasteiger partial charge in [-0.2, -0.15) is 0 Å². The van der Waals surface area contributed by atoms with E-state index in [1.165, 1.54) is 0 Å². The lowest BCUT2D eigenvalue weighted by atomic mass is 10.4. The summed E-state index contributed by atoms with van der Waals surface area (Å²) in [5.74, 6) is 0. The Kier molecular flexibility index (Phi) is 9.23. The van der Waals surface area contributed by atoms with E-state index in [-0.39, 0.29) is 0 Å². The highest BCUT2D eigenvalue weighted by atomic mass is 15.1. The van der Waals surface area contributed by atoms with E-state index in [4.69, 9.17) is 0 Å². The maximum atomic E-state index is 2.25. The number of allylic oxidation sites excluding steroid dienone is 6. The van der Waals surface area contributed by atoms with Crippen LogP contribution in [0.3, 0.4) is 0 Å². The molecule has 0 aliphatic heterocycles. The van der Waals surface area contributed by atoms with Gasteiger partial charge in [0.15, 0.2) is 0 Å². The number of nitrogens with zero attached hydrogens (tertiary/aromatic N) is 1. The zero-order chi connectivity index (χ0) is 10.6. The Labute approximate surface area is 88.1 Å². The standard InChI is InChI=1S/C13H21N/c1-4-6-8-10-12-14(3)13-11-9-7-5-2/h4-11H,12-13H2,1-3H3. The first-order valence-corrected chi connectivity index (χ1v) is 5.05. The van der Waals surface area contributed by atoms with Crippen molar-refractivity contribution >= 4 is 0 Å². The third kappa shape index (κ3) is 9.01. The number of likely N-dealkylation sites (N-methyl/N-ethyl adjacent to an activating group) is 1. The van der Waals surface area contributed by atoms with Gasteiger partial charge in [-0.15, -0.1) is 0 Å². The molecule has 1 nitrogen and oxygen atoms in total. The largest absolute Gasteiger partial charge is 0.299 e. The van der Waals surface area contributed by atoms with Crippen molar-refractivity contribution in [1.29, 1.82) is 0 Å².